The lowest BCUT2D eigenvalue weighted by Gasteiger charge is -2.36. The van der Waals surface area contributed by atoms with Crippen molar-refractivity contribution >= 4 is 40.9 Å². The first-order chi connectivity index (χ1) is 17.5. The molecule has 188 valence electrons. The lowest BCUT2D eigenvalue weighted by Crippen LogP contribution is -2.49. The molecule has 1 aliphatic rings. The van der Waals surface area contributed by atoms with Crippen LogP contribution < -0.4 is 10.2 Å². The minimum atomic E-state index is -0.392. The standard InChI is InChI=1S/C26H29ClN6O2S/c1-3-13-33-24(19(2)28-25(35)20-9-11-21(27)12-10-20)29-30-26(33)36-18-23(34)32-16-14-31(15-17-32)22-7-5-4-6-8-22/h3-12,19H,1,13-18H2,2H3,(H,28,35)/t19-/m1/s1. The normalized spacial score (nSPS) is 14.4. The van der Waals surface area contributed by atoms with E-state index in [0.29, 0.717) is 41.2 Å². The van der Waals surface area contributed by atoms with Crippen LogP contribution in [0.1, 0.15) is 29.1 Å². The highest BCUT2D eigenvalue weighted by molar-refractivity contribution is 7.99. The van der Waals surface area contributed by atoms with Crippen LogP contribution in [0.15, 0.2) is 72.4 Å². The Bertz CT molecular complexity index is 1190. The number of hydrogen-bond donors (Lipinski definition) is 1. The molecule has 2 aromatic carbocycles. The molecule has 0 bridgehead atoms. The first kappa shape index (κ1) is 25.8. The highest BCUT2D eigenvalue weighted by atomic mass is 35.5. The Balaban J connectivity index is 1.34. The summed E-state index contributed by atoms with van der Waals surface area (Å²) < 4.78 is 1.88. The Hall–Kier alpha value is -3.30. The molecule has 0 saturated carbocycles. The molecule has 0 aliphatic carbocycles. The number of nitrogens with one attached hydrogen (secondary N) is 1. The van der Waals surface area contributed by atoms with Gasteiger partial charge in [0.05, 0.1) is 11.8 Å². The van der Waals surface area contributed by atoms with E-state index in [4.69, 9.17) is 11.6 Å². The van der Waals surface area contributed by atoms with E-state index in [1.54, 1.807) is 30.3 Å². The fraction of sp³-hybridized carbons (Fsp3) is 0.308. The Kier molecular flexibility index (Phi) is 8.66. The fourth-order valence-corrected chi connectivity index (χ4v) is 5.03. The number of piperazine rings is 1. The molecule has 1 atom stereocenters. The van der Waals surface area contributed by atoms with Crippen molar-refractivity contribution in [1.82, 2.24) is 25.0 Å². The number of hydrogen-bond acceptors (Lipinski definition) is 6. The predicted molar refractivity (Wildman–Crippen MR) is 144 cm³/mol. The molecule has 0 spiro atoms. The van der Waals surface area contributed by atoms with Crippen LogP contribution in [0.2, 0.25) is 5.02 Å². The largest absolute Gasteiger partial charge is 0.368 e. The van der Waals surface area contributed by atoms with Crippen molar-refractivity contribution in [3.63, 3.8) is 0 Å². The van der Waals surface area contributed by atoms with Crippen molar-refractivity contribution in [3.05, 3.63) is 83.7 Å². The van der Waals surface area contributed by atoms with Crippen LogP contribution in [0.5, 0.6) is 0 Å². The Morgan fingerprint density at radius 2 is 1.78 bits per heavy atom. The number of nitrogens with zero attached hydrogens (tertiary/aromatic N) is 5. The monoisotopic (exact) mass is 524 g/mol. The molecule has 2 heterocycles. The second-order valence-corrected chi connectivity index (χ2v) is 9.81. The summed E-state index contributed by atoms with van der Waals surface area (Å²) in [6.07, 6.45) is 1.75. The number of aromatic nitrogens is 3. The van der Waals surface area contributed by atoms with E-state index in [-0.39, 0.29) is 17.6 Å². The van der Waals surface area contributed by atoms with Crippen LogP contribution in [0.3, 0.4) is 0 Å². The maximum Gasteiger partial charge on any atom is 0.251 e. The summed E-state index contributed by atoms with van der Waals surface area (Å²) in [5.41, 5.74) is 1.69. The average molecular weight is 525 g/mol. The Morgan fingerprint density at radius 1 is 1.08 bits per heavy atom. The molecular weight excluding hydrogens is 496 g/mol. The molecule has 10 heteroatoms. The maximum absolute atomic E-state index is 12.9. The zero-order chi connectivity index (χ0) is 25.5. The SMILES string of the molecule is C=CCn1c(SCC(=O)N2CCN(c3ccccc3)CC2)nnc1[C@@H](C)NC(=O)c1ccc(Cl)cc1. The summed E-state index contributed by atoms with van der Waals surface area (Å²) in [5, 5.41) is 12.7. The van der Waals surface area contributed by atoms with E-state index in [2.05, 4.69) is 39.1 Å². The number of rotatable bonds is 9. The molecular formula is C26H29ClN6O2S. The second kappa shape index (κ2) is 12.1. The van der Waals surface area contributed by atoms with Gasteiger partial charge in [-0.1, -0.05) is 47.6 Å². The molecule has 0 radical (unpaired) electrons. The number of carbonyl (C=O) groups excluding carboxylic acids is 2. The van der Waals surface area contributed by atoms with Gasteiger partial charge in [0, 0.05) is 49.0 Å². The molecule has 3 aromatic rings. The molecule has 1 aromatic heterocycles. The van der Waals surface area contributed by atoms with Gasteiger partial charge in [0.15, 0.2) is 11.0 Å². The predicted octanol–water partition coefficient (Wildman–Crippen LogP) is 4.05. The van der Waals surface area contributed by atoms with Gasteiger partial charge in [0.25, 0.3) is 5.91 Å². The molecule has 36 heavy (non-hydrogen) atoms. The number of allylic oxidation sites excluding steroid dienone is 1. The summed E-state index contributed by atoms with van der Waals surface area (Å²) >= 11 is 7.27. The maximum atomic E-state index is 12.9. The lowest BCUT2D eigenvalue weighted by atomic mass is 10.2. The number of thioether (sulfide) groups is 1. The second-order valence-electron chi connectivity index (χ2n) is 8.43. The summed E-state index contributed by atoms with van der Waals surface area (Å²) in [6, 6.07) is 16.6. The quantitative estimate of drug-likeness (QED) is 0.336. The van der Waals surface area contributed by atoms with Crippen LogP contribution in [0, 0.1) is 0 Å². The van der Waals surface area contributed by atoms with Gasteiger partial charge >= 0.3 is 0 Å². The topological polar surface area (TPSA) is 83.4 Å². The van der Waals surface area contributed by atoms with E-state index >= 15 is 0 Å². The zero-order valence-corrected chi connectivity index (χ0v) is 21.7. The van der Waals surface area contributed by atoms with E-state index in [1.807, 2.05) is 34.6 Å². The summed E-state index contributed by atoms with van der Waals surface area (Å²) in [4.78, 5) is 29.7. The number of carbonyl (C=O) groups is 2. The molecule has 2 amide bonds. The Morgan fingerprint density at radius 3 is 2.44 bits per heavy atom. The number of halogens is 1. The van der Waals surface area contributed by atoms with Gasteiger partial charge in [-0.05, 0) is 43.3 Å². The minimum Gasteiger partial charge on any atom is -0.368 e. The van der Waals surface area contributed by atoms with Crippen molar-refractivity contribution in [3.8, 4) is 0 Å². The number of para-hydroxylation sites is 1. The first-order valence-corrected chi connectivity index (χ1v) is 13.1. The third-order valence-corrected chi connectivity index (χ3v) is 7.18. The molecule has 0 unspecified atom stereocenters. The van der Waals surface area contributed by atoms with E-state index in [0.717, 1.165) is 13.1 Å². The molecule has 1 fully saturated rings. The van der Waals surface area contributed by atoms with Crippen molar-refractivity contribution in [2.24, 2.45) is 0 Å². The zero-order valence-electron chi connectivity index (χ0n) is 20.1. The third-order valence-electron chi connectivity index (χ3n) is 5.98. The van der Waals surface area contributed by atoms with Crippen LogP contribution >= 0.6 is 23.4 Å². The van der Waals surface area contributed by atoms with E-state index in [1.165, 1.54) is 17.4 Å². The average Bonchev–Trinajstić information content (AvgIpc) is 3.31. The van der Waals surface area contributed by atoms with Gasteiger partial charge in [-0.2, -0.15) is 0 Å². The minimum absolute atomic E-state index is 0.0755. The highest BCUT2D eigenvalue weighted by Crippen LogP contribution is 2.22. The van der Waals surface area contributed by atoms with Gasteiger partial charge in [0.1, 0.15) is 0 Å². The first-order valence-electron chi connectivity index (χ1n) is 11.8. The van der Waals surface area contributed by atoms with Gasteiger partial charge < -0.3 is 19.7 Å². The number of benzene rings is 2. The van der Waals surface area contributed by atoms with Crippen LogP contribution in [-0.4, -0.2) is 63.4 Å². The van der Waals surface area contributed by atoms with Crippen LogP contribution in [0.4, 0.5) is 5.69 Å². The highest BCUT2D eigenvalue weighted by Gasteiger charge is 2.24. The van der Waals surface area contributed by atoms with E-state index in [9.17, 15) is 9.59 Å². The van der Waals surface area contributed by atoms with Gasteiger partial charge in [-0.3, -0.25) is 9.59 Å². The molecule has 1 aliphatic heterocycles. The Labute approximate surface area is 220 Å². The summed E-state index contributed by atoms with van der Waals surface area (Å²) in [6.45, 7) is 9.14. The van der Waals surface area contributed by atoms with Gasteiger partial charge in [-0.15, -0.1) is 16.8 Å². The van der Waals surface area contributed by atoms with Crippen molar-refractivity contribution in [2.45, 2.75) is 24.7 Å². The van der Waals surface area contributed by atoms with Gasteiger partial charge in [0.2, 0.25) is 5.91 Å². The van der Waals surface area contributed by atoms with Crippen molar-refractivity contribution in [1.29, 1.82) is 0 Å². The van der Waals surface area contributed by atoms with Crippen molar-refractivity contribution in [2.75, 3.05) is 36.8 Å². The number of anilines is 1. The summed E-state index contributed by atoms with van der Waals surface area (Å²) in [5.74, 6) is 0.716. The molecule has 8 nitrogen and oxygen atoms in total. The van der Waals surface area contributed by atoms with Gasteiger partial charge in [-0.25, -0.2) is 0 Å². The third kappa shape index (κ3) is 6.27. The molecule has 1 saturated heterocycles. The van der Waals surface area contributed by atoms with Crippen molar-refractivity contribution < 1.29 is 9.59 Å². The van der Waals surface area contributed by atoms with Crippen LogP contribution in [0.25, 0.3) is 0 Å². The fourth-order valence-electron chi connectivity index (χ4n) is 4.04. The molecule has 1 N–H and O–H groups in total. The van der Waals surface area contributed by atoms with Crippen LogP contribution in [-0.2, 0) is 11.3 Å². The lowest BCUT2D eigenvalue weighted by molar-refractivity contribution is -0.128. The number of amides is 2. The smallest absolute Gasteiger partial charge is 0.251 e. The molecule has 4 rings (SSSR count). The summed E-state index contributed by atoms with van der Waals surface area (Å²) in [7, 11) is 0. The van der Waals surface area contributed by atoms with E-state index < -0.39 is 6.04 Å².